The van der Waals surface area contributed by atoms with Gasteiger partial charge in [0.2, 0.25) is 0 Å². The Balaban J connectivity index is 2.46. The van der Waals surface area contributed by atoms with Crippen LogP contribution in [0, 0.1) is 5.92 Å². The molecule has 0 aromatic rings. The van der Waals surface area contributed by atoms with Crippen LogP contribution in [-0.4, -0.2) is 37.0 Å². The summed E-state index contributed by atoms with van der Waals surface area (Å²) in [6, 6.07) is -0.395. The first-order valence-electron chi connectivity index (χ1n) is 4.58. The van der Waals surface area contributed by atoms with Gasteiger partial charge >= 0.3 is 5.97 Å². The zero-order valence-corrected chi connectivity index (χ0v) is 8.66. The van der Waals surface area contributed by atoms with Crippen LogP contribution < -0.4 is 5.73 Å². The van der Waals surface area contributed by atoms with Crippen molar-refractivity contribution in [1.29, 1.82) is 0 Å². The van der Waals surface area contributed by atoms with Gasteiger partial charge in [-0.15, -0.1) is 0 Å². The fourth-order valence-corrected chi connectivity index (χ4v) is 3.41. The van der Waals surface area contributed by atoms with Gasteiger partial charge in [0.1, 0.15) is 0 Å². The number of nitrogens with two attached hydrogens (primary N) is 1. The second kappa shape index (κ2) is 4.27. The first-order valence-corrected chi connectivity index (χ1v) is 6.40. The number of carboxylic acid groups (broad SMARTS) is 1. The summed E-state index contributed by atoms with van der Waals surface area (Å²) in [6.07, 6.45) is 1.04. The Morgan fingerprint density at radius 1 is 1.50 bits per heavy atom. The van der Waals surface area contributed by atoms with E-state index in [4.69, 9.17) is 10.8 Å². The molecule has 5 nitrogen and oxygen atoms in total. The van der Waals surface area contributed by atoms with Gasteiger partial charge in [-0.3, -0.25) is 4.79 Å². The molecule has 1 aliphatic rings. The van der Waals surface area contributed by atoms with Gasteiger partial charge in [-0.2, -0.15) is 0 Å². The lowest BCUT2D eigenvalue weighted by atomic mass is 9.93. The van der Waals surface area contributed by atoms with Gasteiger partial charge in [0.25, 0.3) is 0 Å². The number of aliphatic carboxylic acids is 1. The Kier molecular flexibility index (Phi) is 3.49. The van der Waals surface area contributed by atoms with Crippen LogP contribution in [0.5, 0.6) is 0 Å². The average Bonchev–Trinajstić information content (AvgIpc) is 2.00. The number of hydrogen-bond acceptors (Lipinski definition) is 4. The van der Waals surface area contributed by atoms with E-state index in [1.165, 1.54) is 0 Å². The summed E-state index contributed by atoms with van der Waals surface area (Å²) < 4.78 is 22.3. The normalized spacial score (nSPS) is 31.2. The predicted octanol–water partition coefficient (Wildman–Crippen LogP) is -0.387. The molecule has 14 heavy (non-hydrogen) atoms. The van der Waals surface area contributed by atoms with E-state index in [1.807, 2.05) is 0 Å². The predicted molar refractivity (Wildman–Crippen MR) is 51.6 cm³/mol. The number of hydrogen-bond donors (Lipinski definition) is 2. The van der Waals surface area contributed by atoms with Gasteiger partial charge in [-0.25, -0.2) is 8.42 Å². The van der Waals surface area contributed by atoms with Crippen molar-refractivity contribution < 1.29 is 18.3 Å². The van der Waals surface area contributed by atoms with E-state index in [0.29, 0.717) is 12.8 Å². The molecule has 82 valence electrons. The van der Waals surface area contributed by atoms with E-state index in [-0.39, 0.29) is 23.8 Å². The van der Waals surface area contributed by atoms with Crippen molar-refractivity contribution in [2.45, 2.75) is 25.3 Å². The maximum Gasteiger partial charge on any atom is 0.303 e. The Morgan fingerprint density at radius 2 is 2.14 bits per heavy atom. The maximum atomic E-state index is 11.1. The fraction of sp³-hybridized carbons (Fsp3) is 0.875. The molecule has 1 fully saturated rings. The molecule has 3 N–H and O–H groups in total. The van der Waals surface area contributed by atoms with E-state index in [9.17, 15) is 13.2 Å². The van der Waals surface area contributed by atoms with Crippen molar-refractivity contribution >= 4 is 15.8 Å². The summed E-state index contributed by atoms with van der Waals surface area (Å²) in [5.41, 5.74) is 5.67. The van der Waals surface area contributed by atoms with Crippen molar-refractivity contribution in [3.63, 3.8) is 0 Å². The van der Waals surface area contributed by atoms with Crippen molar-refractivity contribution in [3.05, 3.63) is 0 Å². The second-order valence-corrected chi connectivity index (χ2v) is 5.99. The number of carbonyl (C=O) groups is 1. The third kappa shape index (κ3) is 3.26. The van der Waals surface area contributed by atoms with Crippen molar-refractivity contribution in [2.24, 2.45) is 11.7 Å². The molecule has 0 aliphatic carbocycles. The molecular formula is C8H15NO4S. The quantitative estimate of drug-likeness (QED) is 0.676. The molecule has 1 aliphatic heterocycles. The molecule has 0 saturated carbocycles. The zero-order chi connectivity index (χ0) is 10.8. The van der Waals surface area contributed by atoms with E-state index in [2.05, 4.69) is 0 Å². The largest absolute Gasteiger partial charge is 0.481 e. The van der Waals surface area contributed by atoms with E-state index < -0.39 is 21.8 Å². The third-order valence-corrected chi connectivity index (χ3v) is 4.33. The monoisotopic (exact) mass is 221 g/mol. The van der Waals surface area contributed by atoms with Gasteiger partial charge in [-0.1, -0.05) is 0 Å². The van der Waals surface area contributed by atoms with Crippen LogP contribution in [0.15, 0.2) is 0 Å². The third-order valence-electron chi connectivity index (χ3n) is 2.58. The smallest absolute Gasteiger partial charge is 0.303 e. The van der Waals surface area contributed by atoms with E-state index in [1.54, 1.807) is 0 Å². The highest BCUT2D eigenvalue weighted by Crippen LogP contribution is 2.22. The van der Waals surface area contributed by atoms with Crippen molar-refractivity contribution in [3.8, 4) is 0 Å². The Labute approximate surface area is 83.2 Å². The fourth-order valence-electron chi connectivity index (χ4n) is 1.72. The van der Waals surface area contributed by atoms with Gasteiger partial charge < -0.3 is 10.8 Å². The summed E-state index contributed by atoms with van der Waals surface area (Å²) in [4.78, 5) is 10.3. The van der Waals surface area contributed by atoms with E-state index in [0.717, 1.165) is 0 Å². The summed E-state index contributed by atoms with van der Waals surface area (Å²) in [5.74, 6) is -0.678. The van der Waals surface area contributed by atoms with Crippen LogP contribution in [0.2, 0.25) is 0 Å². The van der Waals surface area contributed by atoms with Crippen molar-refractivity contribution in [1.82, 2.24) is 0 Å². The summed E-state index contributed by atoms with van der Waals surface area (Å²) in [5, 5.41) is 8.47. The summed E-state index contributed by atoms with van der Waals surface area (Å²) >= 11 is 0. The number of carboxylic acids is 1. The summed E-state index contributed by atoms with van der Waals surface area (Å²) in [6.45, 7) is 0. The van der Waals surface area contributed by atoms with Crippen LogP contribution in [0.1, 0.15) is 19.3 Å². The molecule has 0 aromatic heterocycles. The van der Waals surface area contributed by atoms with Gasteiger partial charge in [0.05, 0.1) is 11.5 Å². The molecule has 0 amide bonds. The molecule has 0 unspecified atom stereocenters. The molecule has 0 aromatic carbocycles. The lowest BCUT2D eigenvalue weighted by Gasteiger charge is -2.27. The molecule has 1 saturated heterocycles. The standard InChI is InChI=1S/C8H15NO4S/c9-7-5-14(12,13)4-3-6(7)1-2-8(10)11/h6-7H,1-5,9H2,(H,10,11)/t6-,7+/m1/s1. The van der Waals surface area contributed by atoms with E-state index >= 15 is 0 Å². The highest BCUT2D eigenvalue weighted by molar-refractivity contribution is 7.91. The molecule has 0 spiro atoms. The molecule has 0 bridgehead atoms. The zero-order valence-electron chi connectivity index (χ0n) is 7.85. The lowest BCUT2D eigenvalue weighted by Crippen LogP contribution is -2.43. The lowest BCUT2D eigenvalue weighted by molar-refractivity contribution is -0.137. The maximum absolute atomic E-state index is 11.1. The highest BCUT2D eigenvalue weighted by atomic mass is 32.2. The number of sulfone groups is 1. The van der Waals surface area contributed by atoms with Crippen LogP contribution >= 0.6 is 0 Å². The molecule has 1 heterocycles. The first-order chi connectivity index (χ1) is 6.41. The van der Waals surface area contributed by atoms with Crippen LogP contribution in [0.3, 0.4) is 0 Å². The Hall–Kier alpha value is -0.620. The number of rotatable bonds is 3. The summed E-state index contributed by atoms with van der Waals surface area (Å²) in [7, 11) is -2.98. The van der Waals surface area contributed by atoms with Gasteiger partial charge in [-0.05, 0) is 18.8 Å². The minimum Gasteiger partial charge on any atom is -0.481 e. The average molecular weight is 221 g/mol. The highest BCUT2D eigenvalue weighted by Gasteiger charge is 2.30. The van der Waals surface area contributed by atoms with Crippen LogP contribution in [0.4, 0.5) is 0 Å². The molecule has 6 heteroatoms. The molecule has 1 rings (SSSR count). The SMILES string of the molecule is N[C@H]1CS(=O)(=O)CC[C@H]1CCC(=O)O. The van der Waals surface area contributed by atoms with Crippen molar-refractivity contribution in [2.75, 3.05) is 11.5 Å². The second-order valence-electron chi connectivity index (χ2n) is 3.76. The minimum atomic E-state index is -2.98. The molecule has 2 atom stereocenters. The minimum absolute atomic E-state index is 0.00269. The first kappa shape index (κ1) is 11.5. The van der Waals surface area contributed by atoms with Crippen LogP contribution in [-0.2, 0) is 14.6 Å². The topological polar surface area (TPSA) is 97.5 Å². The molecule has 0 radical (unpaired) electrons. The van der Waals surface area contributed by atoms with Crippen LogP contribution in [0.25, 0.3) is 0 Å². The Bertz CT molecular complexity index is 311. The van der Waals surface area contributed by atoms with Gasteiger partial charge in [0, 0.05) is 12.5 Å². The van der Waals surface area contributed by atoms with Gasteiger partial charge in [0.15, 0.2) is 9.84 Å². The molecular weight excluding hydrogens is 206 g/mol. The Morgan fingerprint density at radius 3 is 2.64 bits per heavy atom.